The molecule has 2 heterocycles. The Balaban J connectivity index is 1.42. The van der Waals surface area contributed by atoms with Crippen LogP contribution in [0.3, 0.4) is 0 Å². The Morgan fingerprint density at radius 3 is 2.68 bits per heavy atom. The molecule has 8 nitrogen and oxygen atoms in total. The van der Waals surface area contributed by atoms with Crippen LogP contribution in [-0.4, -0.2) is 60.4 Å². The number of aromatic nitrogens is 2. The monoisotopic (exact) mass is 425 g/mol. The molecule has 1 aliphatic rings. The van der Waals surface area contributed by atoms with Crippen LogP contribution in [0.25, 0.3) is 10.9 Å². The summed E-state index contributed by atoms with van der Waals surface area (Å²) >= 11 is 0. The maximum atomic E-state index is 13.2. The lowest BCUT2D eigenvalue weighted by Gasteiger charge is -2.42. The summed E-state index contributed by atoms with van der Waals surface area (Å²) in [6, 6.07) is 12.6. The number of nitrogens with zero attached hydrogens (tertiary/aromatic N) is 4. The summed E-state index contributed by atoms with van der Waals surface area (Å²) in [5.74, 6) is 1.16. The molecule has 0 aliphatic carbocycles. The second kappa shape index (κ2) is 8.91. The van der Waals surface area contributed by atoms with Crippen LogP contribution in [0.5, 0.6) is 5.75 Å². The van der Waals surface area contributed by atoms with Crippen LogP contribution in [0.15, 0.2) is 42.5 Å². The first-order chi connectivity index (χ1) is 14.9. The summed E-state index contributed by atoms with van der Waals surface area (Å²) in [6.45, 7) is 5.38. The Morgan fingerprint density at radius 1 is 1.19 bits per heavy atom. The predicted molar refractivity (Wildman–Crippen MR) is 122 cm³/mol. The van der Waals surface area contributed by atoms with Gasteiger partial charge in [-0.1, -0.05) is 6.07 Å². The Hall–Kier alpha value is -3.17. The van der Waals surface area contributed by atoms with Crippen LogP contribution in [-0.2, 0) is 0 Å². The number of rotatable bonds is 6. The van der Waals surface area contributed by atoms with Crippen molar-refractivity contribution in [1.29, 1.82) is 0 Å². The molecule has 9 heteroatoms. The Labute approximate surface area is 181 Å². The Kier molecular flexibility index (Phi) is 6.06. The molecule has 0 radical (unpaired) electrons. The largest absolute Gasteiger partial charge is 0.494 e. The molecule has 0 amide bonds. The molecular formula is C22H28FN7O. The second-order valence-electron chi connectivity index (χ2n) is 7.82. The quantitative estimate of drug-likeness (QED) is 0.517. The van der Waals surface area contributed by atoms with E-state index in [-0.39, 0.29) is 24.0 Å². The average molecular weight is 426 g/mol. The average Bonchev–Trinajstić information content (AvgIpc) is 2.74. The van der Waals surface area contributed by atoms with Crippen LogP contribution < -0.4 is 26.4 Å². The van der Waals surface area contributed by atoms with Crippen molar-refractivity contribution in [2.75, 3.05) is 49.2 Å². The van der Waals surface area contributed by atoms with Gasteiger partial charge in [0.1, 0.15) is 22.9 Å². The van der Waals surface area contributed by atoms with Gasteiger partial charge in [0.2, 0.25) is 5.95 Å². The molecule has 0 saturated carbocycles. The van der Waals surface area contributed by atoms with Crippen molar-refractivity contribution in [2.24, 2.45) is 5.73 Å². The van der Waals surface area contributed by atoms with Crippen LogP contribution in [0.1, 0.15) is 6.92 Å². The van der Waals surface area contributed by atoms with E-state index >= 15 is 0 Å². The van der Waals surface area contributed by atoms with E-state index in [0.717, 1.165) is 30.7 Å². The number of fused-ring (bicyclic) bond motifs is 1. The molecule has 1 saturated heterocycles. The third kappa shape index (κ3) is 4.62. The van der Waals surface area contributed by atoms with Gasteiger partial charge < -0.3 is 26.4 Å². The van der Waals surface area contributed by atoms with Crippen LogP contribution >= 0.6 is 0 Å². The number of anilines is 3. The summed E-state index contributed by atoms with van der Waals surface area (Å²) in [5, 5.41) is 4.09. The number of ether oxygens (including phenoxy) is 1. The van der Waals surface area contributed by atoms with Crippen molar-refractivity contribution in [3.05, 3.63) is 48.3 Å². The zero-order valence-electron chi connectivity index (χ0n) is 17.8. The molecule has 1 aliphatic heterocycles. The number of hydrogen-bond donors (Lipinski definition) is 3. The SMILES string of the molecule is COc1cccc2c(NC(N)CN3CCN(c4ccc(F)cc4)[C@@H](C)C3)nc(N)nc12. The Bertz CT molecular complexity index is 1050. The first kappa shape index (κ1) is 21.1. The number of nitrogens with one attached hydrogen (secondary N) is 1. The van der Waals surface area contributed by atoms with Gasteiger partial charge in [-0.25, -0.2) is 9.37 Å². The minimum Gasteiger partial charge on any atom is -0.494 e. The number of nitrogens with two attached hydrogens (primary N) is 2. The predicted octanol–water partition coefficient (Wildman–Crippen LogP) is 2.27. The summed E-state index contributed by atoms with van der Waals surface area (Å²) in [6.07, 6.45) is -0.340. The zero-order valence-corrected chi connectivity index (χ0v) is 17.8. The van der Waals surface area contributed by atoms with Crippen molar-refractivity contribution in [3.8, 4) is 5.75 Å². The third-order valence-electron chi connectivity index (χ3n) is 5.57. The van der Waals surface area contributed by atoms with Crippen molar-refractivity contribution in [3.63, 3.8) is 0 Å². The van der Waals surface area contributed by atoms with Gasteiger partial charge in [0.05, 0.1) is 13.3 Å². The van der Waals surface area contributed by atoms with Crippen molar-refractivity contribution in [2.45, 2.75) is 19.1 Å². The van der Waals surface area contributed by atoms with Crippen molar-refractivity contribution in [1.82, 2.24) is 14.9 Å². The molecule has 31 heavy (non-hydrogen) atoms. The minimum atomic E-state index is -0.340. The normalized spacial score (nSPS) is 18.2. The van der Waals surface area contributed by atoms with Gasteiger partial charge in [-0.15, -0.1) is 0 Å². The Morgan fingerprint density at radius 2 is 1.97 bits per heavy atom. The maximum absolute atomic E-state index is 13.2. The molecule has 5 N–H and O–H groups in total. The summed E-state index contributed by atoms with van der Waals surface area (Å²) in [5.41, 5.74) is 14.0. The van der Waals surface area contributed by atoms with Gasteiger partial charge >= 0.3 is 0 Å². The molecule has 1 fully saturated rings. The smallest absolute Gasteiger partial charge is 0.222 e. The van der Waals surface area contributed by atoms with E-state index in [0.29, 0.717) is 23.6 Å². The number of benzene rings is 2. The molecule has 1 unspecified atom stereocenters. The van der Waals surface area contributed by atoms with Gasteiger partial charge in [0.15, 0.2) is 0 Å². The fourth-order valence-electron chi connectivity index (χ4n) is 4.13. The number of halogens is 1. The zero-order chi connectivity index (χ0) is 22.0. The number of nitrogen functional groups attached to an aromatic ring is 1. The molecule has 4 rings (SSSR count). The highest BCUT2D eigenvalue weighted by molar-refractivity contribution is 5.93. The summed E-state index contributed by atoms with van der Waals surface area (Å²) in [4.78, 5) is 13.3. The first-order valence-corrected chi connectivity index (χ1v) is 10.3. The number of piperazine rings is 1. The van der Waals surface area contributed by atoms with Gasteiger partial charge in [0, 0.05) is 43.3 Å². The lowest BCUT2D eigenvalue weighted by atomic mass is 10.1. The maximum Gasteiger partial charge on any atom is 0.222 e. The van der Waals surface area contributed by atoms with Crippen LogP contribution in [0.2, 0.25) is 0 Å². The summed E-state index contributed by atoms with van der Waals surface area (Å²) in [7, 11) is 1.60. The lowest BCUT2D eigenvalue weighted by molar-refractivity contribution is 0.221. The van der Waals surface area contributed by atoms with Gasteiger partial charge in [0.25, 0.3) is 0 Å². The molecule has 3 aromatic rings. The van der Waals surface area contributed by atoms with Crippen LogP contribution in [0.4, 0.5) is 21.8 Å². The number of hydrogen-bond acceptors (Lipinski definition) is 8. The van der Waals surface area contributed by atoms with E-state index in [1.807, 2.05) is 30.3 Å². The molecule has 0 spiro atoms. The molecule has 2 atom stereocenters. The van der Waals surface area contributed by atoms with E-state index in [1.165, 1.54) is 12.1 Å². The van der Waals surface area contributed by atoms with Gasteiger partial charge in [-0.3, -0.25) is 4.90 Å². The topological polar surface area (TPSA) is 106 Å². The van der Waals surface area contributed by atoms with Crippen molar-refractivity contribution < 1.29 is 9.13 Å². The fourth-order valence-corrected chi connectivity index (χ4v) is 4.13. The first-order valence-electron chi connectivity index (χ1n) is 10.3. The van der Waals surface area contributed by atoms with E-state index in [9.17, 15) is 4.39 Å². The second-order valence-corrected chi connectivity index (χ2v) is 7.82. The molecule has 0 bridgehead atoms. The number of para-hydroxylation sites is 1. The molecular weight excluding hydrogens is 397 g/mol. The standard InChI is InChI=1S/C22H28FN7O/c1-14-12-29(10-11-30(14)16-8-6-15(23)7-9-16)13-19(24)26-21-17-4-3-5-18(31-2)20(17)27-22(25)28-21/h3-9,14,19H,10-13,24H2,1-2H3,(H3,25,26,27,28)/t14-,19?/m0/s1. The highest BCUT2D eigenvalue weighted by Crippen LogP contribution is 2.29. The molecule has 164 valence electrons. The van der Waals surface area contributed by atoms with Crippen LogP contribution in [0, 0.1) is 5.82 Å². The fraction of sp³-hybridized carbons (Fsp3) is 0.364. The van der Waals surface area contributed by atoms with E-state index in [1.54, 1.807) is 7.11 Å². The van der Waals surface area contributed by atoms with Crippen molar-refractivity contribution >= 4 is 28.4 Å². The van der Waals surface area contributed by atoms with E-state index < -0.39 is 0 Å². The molecule has 1 aromatic heterocycles. The van der Waals surface area contributed by atoms with E-state index in [2.05, 4.69) is 32.0 Å². The van der Waals surface area contributed by atoms with Gasteiger partial charge in [-0.2, -0.15) is 4.98 Å². The van der Waals surface area contributed by atoms with E-state index in [4.69, 9.17) is 16.2 Å². The highest BCUT2D eigenvalue weighted by atomic mass is 19.1. The lowest BCUT2D eigenvalue weighted by Crippen LogP contribution is -2.55. The minimum absolute atomic E-state index is 0.160. The highest BCUT2D eigenvalue weighted by Gasteiger charge is 2.25. The summed E-state index contributed by atoms with van der Waals surface area (Å²) < 4.78 is 18.6. The molecule has 2 aromatic carbocycles. The third-order valence-corrected chi connectivity index (χ3v) is 5.57. The van der Waals surface area contributed by atoms with Gasteiger partial charge in [-0.05, 0) is 43.3 Å². The number of methoxy groups -OCH3 is 1.